The molecule has 0 aromatic heterocycles. The van der Waals surface area contributed by atoms with E-state index in [0.717, 1.165) is 6.08 Å². The lowest BCUT2D eigenvalue weighted by Gasteiger charge is -2.26. The summed E-state index contributed by atoms with van der Waals surface area (Å²) in [6.07, 6.45) is 1.54. The van der Waals surface area contributed by atoms with Gasteiger partial charge in [0, 0.05) is 51.4 Å². The summed E-state index contributed by atoms with van der Waals surface area (Å²) in [5.41, 5.74) is 0. The van der Waals surface area contributed by atoms with Gasteiger partial charge in [-0.2, -0.15) is 0 Å². The Hall–Kier alpha value is -1.52. The SMILES string of the molecule is O=C(O)/C=C\C(=O)OCCN(CCO)CCN(CCO)CCO. The van der Waals surface area contributed by atoms with Crippen LogP contribution in [0, 0.1) is 0 Å². The molecule has 4 N–H and O–H groups in total. The van der Waals surface area contributed by atoms with E-state index in [2.05, 4.69) is 0 Å². The Balaban J connectivity index is 4.14. The maximum Gasteiger partial charge on any atom is 0.331 e. The second kappa shape index (κ2) is 14.1. The van der Waals surface area contributed by atoms with Crippen molar-refractivity contribution in [3.05, 3.63) is 12.2 Å². The summed E-state index contributed by atoms with van der Waals surface area (Å²) in [7, 11) is 0. The van der Waals surface area contributed by atoms with Gasteiger partial charge in [-0.1, -0.05) is 0 Å². The van der Waals surface area contributed by atoms with Crippen LogP contribution < -0.4 is 0 Å². The van der Waals surface area contributed by atoms with Crippen LogP contribution in [0.5, 0.6) is 0 Å². The number of carbonyl (C=O) groups is 2. The molecule has 134 valence electrons. The van der Waals surface area contributed by atoms with E-state index in [1.165, 1.54) is 0 Å². The zero-order valence-electron chi connectivity index (χ0n) is 13.1. The average Bonchev–Trinajstić information content (AvgIpc) is 2.50. The summed E-state index contributed by atoms with van der Waals surface area (Å²) in [6, 6.07) is 0. The average molecular weight is 334 g/mol. The highest BCUT2D eigenvalue weighted by Crippen LogP contribution is 1.94. The van der Waals surface area contributed by atoms with Crippen LogP contribution in [-0.4, -0.2) is 108 Å². The van der Waals surface area contributed by atoms with Crippen molar-refractivity contribution in [2.75, 3.05) is 65.7 Å². The Morgan fingerprint density at radius 3 is 1.70 bits per heavy atom. The lowest BCUT2D eigenvalue weighted by atomic mass is 10.4. The summed E-state index contributed by atoms with van der Waals surface area (Å²) in [6.45, 7) is 2.85. The molecule has 0 rings (SSSR count). The third kappa shape index (κ3) is 12.7. The number of aliphatic carboxylic acids is 1. The minimum Gasteiger partial charge on any atom is -0.478 e. The number of aliphatic hydroxyl groups is 3. The highest BCUT2D eigenvalue weighted by Gasteiger charge is 2.09. The number of nitrogens with zero attached hydrogens (tertiary/aromatic N) is 2. The van der Waals surface area contributed by atoms with Crippen LogP contribution in [0.15, 0.2) is 12.2 Å². The molecule has 0 radical (unpaired) electrons. The number of carbonyl (C=O) groups excluding carboxylic acids is 1. The van der Waals surface area contributed by atoms with E-state index in [1.807, 2.05) is 9.80 Å². The second-order valence-corrected chi connectivity index (χ2v) is 4.69. The van der Waals surface area contributed by atoms with Gasteiger partial charge >= 0.3 is 11.9 Å². The first-order valence-electron chi connectivity index (χ1n) is 7.38. The zero-order chi connectivity index (χ0) is 17.5. The molecule has 0 fully saturated rings. The van der Waals surface area contributed by atoms with Crippen molar-refractivity contribution in [1.82, 2.24) is 9.80 Å². The molecular formula is C14H26N2O7. The van der Waals surface area contributed by atoms with Gasteiger partial charge in [0.25, 0.3) is 0 Å². The third-order valence-corrected chi connectivity index (χ3v) is 2.99. The first kappa shape index (κ1) is 21.5. The lowest BCUT2D eigenvalue weighted by Crippen LogP contribution is -2.40. The number of hydrogen-bond acceptors (Lipinski definition) is 8. The number of hydrogen-bond donors (Lipinski definition) is 4. The van der Waals surface area contributed by atoms with E-state index in [9.17, 15) is 9.59 Å². The van der Waals surface area contributed by atoms with Gasteiger partial charge in [0.2, 0.25) is 0 Å². The first-order valence-corrected chi connectivity index (χ1v) is 7.38. The van der Waals surface area contributed by atoms with Crippen molar-refractivity contribution >= 4 is 11.9 Å². The van der Waals surface area contributed by atoms with Crippen molar-refractivity contribution < 1.29 is 34.8 Å². The van der Waals surface area contributed by atoms with Crippen molar-refractivity contribution in [2.24, 2.45) is 0 Å². The summed E-state index contributed by atoms with van der Waals surface area (Å²) >= 11 is 0. The topological polar surface area (TPSA) is 131 Å². The van der Waals surface area contributed by atoms with Gasteiger partial charge in [-0.15, -0.1) is 0 Å². The molecule has 0 atom stereocenters. The fourth-order valence-electron chi connectivity index (χ4n) is 1.84. The highest BCUT2D eigenvalue weighted by molar-refractivity contribution is 5.90. The quantitative estimate of drug-likeness (QED) is 0.205. The summed E-state index contributed by atoms with van der Waals surface area (Å²) in [5.74, 6) is -1.96. The highest BCUT2D eigenvalue weighted by atomic mass is 16.5. The Bertz CT molecular complexity index is 357. The number of carboxylic acids is 1. The molecule has 0 aromatic carbocycles. The molecule has 0 aromatic rings. The summed E-state index contributed by atoms with van der Waals surface area (Å²) in [5, 5.41) is 35.3. The first-order chi connectivity index (χ1) is 11.0. The van der Waals surface area contributed by atoms with E-state index in [4.69, 9.17) is 25.2 Å². The molecular weight excluding hydrogens is 308 g/mol. The molecule has 9 heteroatoms. The largest absolute Gasteiger partial charge is 0.478 e. The zero-order valence-corrected chi connectivity index (χ0v) is 13.1. The standard InChI is InChI=1S/C14H26N2O7/c17-9-5-15(6-10-18)3-4-16(7-11-19)8-12-23-14(22)2-1-13(20)21/h1-2,17-19H,3-12H2,(H,20,21)/b2-1-. The fourth-order valence-corrected chi connectivity index (χ4v) is 1.84. The molecule has 0 aliphatic heterocycles. The van der Waals surface area contributed by atoms with Crippen LogP contribution in [0.25, 0.3) is 0 Å². The molecule has 0 spiro atoms. The number of ether oxygens (including phenoxy) is 1. The summed E-state index contributed by atoms with van der Waals surface area (Å²) < 4.78 is 4.87. The molecule has 0 saturated carbocycles. The van der Waals surface area contributed by atoms with E-state index in [0.29, 0.717) is 45.3 Å². The number of esters is 1. The normalized spacial score (nSPS) is 11.5. The number of carboxylic acid groups (broad SMARTS) is 1. The maximum absolute atomic E-state index is 11.2. The lowest BCUT2D eigenvalue weighted by molar-refractivity contribution is -0.139. The molecule has 0 unspecified atom stereocenters. The van der Waals surface area contributed by atoms with Gasteiger partial charge in [0.15, 0.2) is 0 Å². The molecule has 9 nitrogen and oxygen atoms in total. The van der Waals surface area contributed by atoms with Gasteiger partial charge in [0.05, 0.1) is 19.8 Å². The molecule has 23 heavy (non-hydrogen) atoms. The molecule has 0 aliphatic rings. The molecule has 0 amide bonds. The van der Waals surface area contributed by atoms with Crippen LogP contribution in [-0.2, 0) is 14.3 Å². The van der Waals surface area contributed by atoms with Crippen molar-refractivity contribution in [3.8, 4) is 0 Å². The second-order valence-electron chi connectivity index (χ2n) is 4.69. The van der Waals surface area contributed by atoms with Crippen LogP contribution in [0.2, 0.25) is 0 Å². The third-order valence-electron chi connectivity index (χ3n) is 2.99. The summed E-state index contributed by atoms with van der Waals surface area (Å²) in [4.78, 5) is 25.2. The Morgan fingerprint density at radius 2 is 1.26 bits per heavy atom. The predicted octanol–water partition coefficient (Wildman–Crippen LogP) is -2.25. The molecule has 0 bridgehead atoms. The monoisotopic (exact) mass is 334 g/mol. The van der Waals surface area contributed by atoms with E-state index in [-0.39, 0.29) is 26.4 Å². The van der Waals surface area contributed by atoms with Crippen LogP contribution in [0.4, 0.5) is 0 Å². The Labute approximate surface area is 135 Å². The Morgan fingerprint density at radius 1 is 0.783 bits per heavy atom. The van der Waals surface area contributed by atoms with Crippen molar-refractivity contribution in [2.45, 2.75) is 0 Å². The van der Waals surface area contributed by atoms with Crippen LogP contribution in [0.3, 0.4) is 0 Å². The number of aliphatic hydroxyl groups excluding tert-OH is 3. The van der Waals surface area contributed by atoms with Crippen molar-refractivity contribution in [3.63, 3.8) is 0 Å². The molecule has 0 saturated heterocycles. The molecule has 0 heterocycles. The Kier molecular flexibility index (Phi) is 13.2. The molecule has 0 aliphatic carbocycles. The van der Waals surface area contributed by atoms with Gasteiger partial charge < -0.3 is 25.2 Å². The van der Waals surface area contributed by atoms with E-state index < -0.39 is 11.9 Å². The fraction of sp³-hybridized carbons (Fsp3) is 0.714. The van der Waals surface area contributed by atoms with Crippen LogP contribution >= 0.6 is 0 Å². The van der Waals surface area contributed by atoms with Gasteiger partial charge in [-0.05, 0) is 0 Å². The van der Waals surface area contributed by atoms with Crippen molar-refractivity contribution in [1.29, 1.82) is 0 Å². The predicted molar refractivity (Wildman–Crippen MR) is 81.9 cm³/mol. The van der Waals surface area contributed by atoms with Gasteiger partial charge in [-0.3, -0.25) is 9.80 Å². The minimum absolute atomic E-state index is 0.00642. The van der Waals surface area contributed by atoms with Gasteiger partial charge in [-0.25, -0.2) is 9.59 Å². The van der Waals surface area contributed by atoms with Gasteiger partial charge in [0.1, 0.15) is 6.61 Å². The number of rotatable bonds is 14. The smallest absolute Gasteiger partial charge is 0.331 e. The van der Waals surface area contributed by atoms with Crippen LogP contribution in [0.1, 0.15) is 0 Å². The van der Waals surface area contributed by atoms with E-state index in [1.54, 1.807) is 0 Å². The maximum atomic E-state index is 11.2. The van der Waals surface area contributed by atoms with E-state index >= 15 is 0 Å². The minimum atomic E-state index is -1.23.